The Kier molecular flexibility index (Phi) is 11.9. The summed E-state index contributed by atoms with van der Waals surface area (Å²) in [6, 6.07) is 0. The molecule has 2 saturated carbocycles. The van der Waals surface area contributed by atoms with Crippen LogP contribution in [0.2, 0.25) is 0 Å². The number of fused-ring (bicyclic) bond motifs is 2. The molecule has 0 amide bonds. The van der Waals surface area contributed by atoms with E-state index in [4.69, 9.17) is 28.8 Å². The highest BCUT2D eigenvalue weighted by Crippen LogP contribution is 2.68. The maximum absolute atomic E-state index is 11.7. The summed E-state index contributed by atoms with van der Waals surface area (Å²) in [5.74, 6) is -1.97. The highest BCUT2D eigenvalue weighted by molar-refractivity contribution is 5.90. The van der Waals surface area contributed by atoms with Crippen molar-refractivity contribution in [3.63, 3.8) is 0 Å². The molecule has 2 aliphatic carbocycles. The second-order valence-corrected chi connectivity index (χ2v) is 13.7. The summed E-state index contributed by atoms with van der Waals surface area (Å²) in [5.41, 5.74) is -0.375. The first-order valence-electron chi connectivity index (χ1n) is 15.8. The number of hydrogen-bond acceptors (Lipinski definition) is 14. The number of esters is 1. The van der Waals surface area contributed by atoms with Gasteiger partial charge in [0.25, 0.3) is 0 Å². The minimum absolute atomic E-state index is 0.0834. The maximum atomic E-state index is 11.7. The van der Waals surface area contributed by atoms with E-state index in [1.54, 1.807) is 0 Å². The predicted octanol–water partition coefficient (Wildman–Crippen LogP) is -1.35. The van der Waals surface area contributed by atoms with Crippen LogP contribution < -0.4 is 0 Å². The van der Waals surface area contributed by atoms with Gasteiger partial charge in [-0.05, 0) is 54.8 Å². The van der Waals surface area contributed by atoms with Crippen LogP contribution in [0, 0.1) is 22.7 Å². The van der Waals surface area contributed by atoms with E-state index in [-0.39, 0.29) is 29.5 Å². The molecule has 15 heteroatoms. The molecule has 2 saturated heterocycles. The molecule has 0 aromatic rings. The van der Waals surface area contributed by atoms with E-state index >= 15 is 0 Å². The lowest BCUT2D eigenvalue weighted by molar-refractivity contribution is -0.320. The molecule has 4 rings (SSSR count). The fourth-order valence-corrected chi connectivity index (χ4v) is 7.71. The standard InChI is InChI=1S/C30H50O15/c1-14(12-42-27-25(39)23(37)21(35)16(11-31)43-27)5-4-7-29(2)15-6-8-30(29,3)18(9-15)45-28-26(40)24(38)22(36)17(44-28)13-41-20(34)10-19(32)33/h14-18,21-28,31,35-40H,4-13H2,1-3H3,(H,32,33)/t14?,15?,16-,17+,18?,21-,22+,23+,24-,25-,26+,27-,28-,29?,30?/m0/s1. The van der Waals surface area contributed by atoms with E-state index in [0.717, 1.165) is 32.1 Å². The van der Waals surface area contributed by atoms with Crippen molar-refractivity contribution in [2.45, 2.75) is 133 Å². The Bertz CT molecular complexity index is 1010. The normalized spacial score (nSPS) is 45.4. The second-order valence-electron chi connectivity index (χ2n) is 13.7. The van der Waals surface area contributed by atoms with Crippen LogP contribution in [0.1, 0.15) is 65.7 Å². The SMILES string of the molecule is CC(CCCC1(C)C2CCC1(C)C(O[C@@H]1O[C@H](COC(=O)CC(=O)O)[C@@H](O)[C@H](O)[C@H]1O)C2)CO[C@H]1O[C@@H](CO)[C@H](O)[C@@H](O)[C@@H]1O. The Labute approximate surface area is 262 Å². The highest BCUT2D eigenvalue weighted by atomic mass is 16.7. The molecule has 2 heterocycles. The third kappa shape index (κ3) is 7.49. The quantitative estimate of drug-likeness (QED) is 0.0800. The van der Waals surface area contributed by atoms with E-state index in [1.165, 1.54) is 0 Å². The predicted molar refractivity (Wildman–Crippen MR) is 151 cm³/mol. The number of aliphatic hydroxyl groups excluding tert-OH is 7. The third-order valence-corrected chi connectivity index (χ3v) is 10.9. The number of hydrogen-bond donors (Lipinski definition) is 8. The van der Waals surface area contributed by atoms with Gasteiger partial charge in [0, 0.05) is 0 Å². The van der Waals surface area contributed by atoms with Gasteiger partial charge in [-0.1, -0.05) is 27.2 Å². The molecule has 0 radical (unpaired) electrons. The Balaban J connectivity index is 1.29. The molecule has 45 heavy (non-hydrogen) atoms. The first-order valence-corrected chi connectivity index (χ1v) is 15.8. The van der Waals surface area contributed by atoms with Crippen LogP contribution in [0.3, 0.4) is 0 Å². The average Bonchev–Trinajstić information content (AvgIpc) is 3.35. The molecule has 15 nitrogen and oxygen atoms in total. The molecule has 260 valence electrons. The van der Waals surface area contributed by atoms with E-state index in [1.807, 2.05) is 6.92 Å². The minimum Gasteiger partial charge on any atom is -0.481 e. The number of ether oxygens (including phenoxy) is 5. The zero-order valence-electron chi connectivity index (χ0n) is 26.0. The number of carbonyl (C=O) groups excluding carboxylic acids is 1. The first-order chi connectivity index (χ1) is 21.1. The summed E-state index contributed by atoms with van der Waals surface area (Å²) < 4.78 is 28.1. The van der Waals surface area contributed by atoms with Crippen LogP contribution in [0.25, 0.3) is 0 Å². The number of aliphatic carboxylic acids is 1. The van der Waals surface area contributed by atoms with Gasteiger partial charge in [-0.15, -0.1) is 0 Å². The fourth-order valence-electron chi connectivity index (χ4n) is 7.71. The fraction of sp³-hybridized carbons (Fsp3) is 0.933. The Morgan fingerprint density at radius 2 is 1.53 bits per heavy atom. The van der Waals surface area contributed by atoms with Gasteiger partial charge in [-0.2, -0.15) is 0 Å². The van der Waals surface area contributed by atoms with Crippen molar-refractivity contribution in [3.8, 4) is 0 Å². The van der Waals surface area contributed by atoms with Crippen LogP contribution in [0.4, 0.5) is 0 Å². The van der Waals surface area contributed by atoms with E-state index in [9.17, 15) is 45.3 Å². The van der Waals surface area contributed by atoms with Gasteiger partial charge in [0.2, 0.25) is 0 Å². The number of carboxylic acid groups (broad SMARTS) is 1. The van der Waals surface area contributed by atoms with Crippen LogP contribution in [0.5, 0.6) is 0 Å². The van der Waals surface area contributed by atoms with Gasteiger partial charge in [-0.3, -0.25) is 9.59 Å². The zero-order valence-corrected chi connectivity index (χ0v) is 26.0. The van der Waals surface area contributed by atoms with Gasteiger partial charge in [-0.25, -0.2) is 0 Å². The smallest absolute Gasteiger partial charge is 0.317 e. The first kappa shape index (κ1) is 36.3. The van der Waals surface area contributed by atoms with Crippen LogP contribution >= 0.6 is 0 Å². The van der Waals surface area contributed by atoms with E-state index in [2.05, 4.69) is 13.8 Å². The van der Waals surface area contributed by atoms with E-state index < -0.39 is 93.0 Å². The molecular formula is C30H50O15. The Morgan fingerprint density at radius 3 is 2.18 bits per heavy atom. The lowest BCUT2D eigenvalue weighted by Gasteiger charge is -2.45. The average molecular weight is 651 g/mol. The van der Waals surface area contributed by atoms with Crippen molar-refractivity contribution in [1.82, 2.24) is 0 Å². The second kappa shape index (κ2) is 14.7. The number of aliphatic hydroxyl groups is 7. The molecule has 2 bridgehead atoms. The topological polar surface area (TPSA) is 242 Å². The third-order valence-electron chi connectivity index (χ3n) is 10.9. The molecule has 2 aliphatic heterocycles. The molecule has 0 spiro atoms. The highest BCUT2D eigenvalue weighted by Gasteiger charge is 2.64. The van der Waals surface area contributed by atoms with Gasteiger partial charge in [0.05, 0.1) is 19.3 Å². The molecular weight excluding hydrogens is 600 g/mol. The van der Waals surface area contributed by atoms with Gasteiger partial charge >= 0.3 is 11.9 Å². The van der Waals surface area contributed by atoms with Crippen LogP contribution in [-0.2, 0) is 33.3 Å². The summed E-state index contributed by atoms with van der Waals surface area (Å²) in [6.45, 7) is 5.59. The van der Waals surface area contributed by atoms with Gasteiger partial charge in [0.15, 0.2) is 12.6 Å². The number of carbonyl (C=O) groups is 2. The number of carboxylic acids is 1. The summed E-state index contributed by atoms with van der Waals surface area (Å²) in [7, 11) is 0. The summed E-state index contributed by atoms with van der Waals surface area (Å²) in [6.07, 6.45) is -9.87. The van der Waals surface area contributed by atoms with Crippen molar-refractivity contribution in [2.24, 2.45) is 22.7 Å². The molecule has 4 aliphatic rings. The van der Waals surface area contributed by atoms with Crippen molar-refractivity contribution >= 4 is 11.9 Å². The molecule has 5 unspecified atom stereocenters. The summed E-state index contributed by atoms with van der Waals surface area (Å²) >= 11 is 0. The van der Waals surface area contributed by atoms with Crippen molar-refractivity contribution in [1.29, 1.82) is 0 Å². The van der Waals surface area contributed by atoms with Gasteiger partial charge < -0.3 is 64.5 Å². The minimum atomic E-state index is -1.63. The summed E-state index contributed by atoms with van der Waals surface area (Å²) in [5, 5.41) is 79.8. The van der Waals surface area contributed by atoms with Gasteiger partial charge in [0.1, 0.15) is 61.9 Å². The molecule has 4 fully saturated rings. The monoisotopic (exact) mass is 650 g/mol. The van der Waals surface area contributed by atoms with Crippen LogP contribution in [0.15, 0.2) is 0 Å². The lowest BCUT2D eigenvalue weighted by Crippen LogP contribution is -2.60. The van der Waals surface area contributed by atoms with Crippen molar-refractivity contribution in [2.75, 3.05) is 19.8 Å². The largest absolute Gasteiger partial charge is 0.481 e. The molecule has 15 atom stereocenters. The summed E-state index contributed by atoms with van der Waals surface area (Å²) in [4.78, 5) is 22.4. The maximum Gasteiger partial charge on any atom is 0.317 e. The lowest BCUT2D eigenvalue weighted by atomic mass is 9.65. The van der Waals surface area contributed by atoms with Crippen LogP contribution in [-0.4, -0.2) is 140 Å². The molecule has 0 aromatic carbocycles. The molecule has 0 aromatic heterocycles. The number of rotatable bonds is 14. The van der Waals surface area contributed by atoms with Crippen molar-refractivity contribution < 1.29 is 74.1 Å². The van der Waals surface area contributed by atoms with E-state index in [0.29, 0.717) is 12.3 Å². The Hall–Kier alpha value is -1.50. The molecule has 8 N–H and O–H groups in total. The Morgan fingerprint density at radius 1 is 0.911 bits per heavy atom. The zero-order chi connectivity index (χ0) is 33.3. The van der Waals surface area contributed by atoms with Crippen molar-refractivity contribution in [3.05, 3.63) is 0 Å².